The molecule has 31 heavy (non-hydrogen) atoms. The zero-order chi connectivity index (χ0) is 22.2. The fraction of sp³-hybridized carbons (Fsp3) is 0.850. The smallest absolute Gasteiger partial charge is 0.346 e. The number of carbonyl (C=O) groups is 1. The van der Waals surface area contributed by atoms with E-state index in [9.17, 15) is 18.0 Å². The van der Waals surface area contributed by atoms with E-state index < -0.39 is 10.0 Å². The quantitative estimate of drug-likeness (QED) is 0.589. The zero-order valence-electron chi connectivity index (χ0n) is 18.4. The minimum atomic E-state index is -3.20. The van der Waals surface area contributed by atoms with Crippen molar-refractivity contribution in [3.63, 3.8) is 0 Å². The van der Waals surface area contributed by atoms with E-state index in [1.165, 1.54) is 15.2 Å². The summed E-state index contributed by atoms with van der Waals surface area (Å²) in [4.78, 5) is 28.0. The van der Waals surface area contributed by atoms with Crippen molar-refractivity contribution in [1.82, 2.24) is 23.6 Å². The molecule has 4 rings (SSSR count). The number of sulfonamides is 1. The van der Waals surface area contributed by atoms with E-state index >= 15 is 0 Å². The van der Waals surface area contributed by atoms with Crippen LogP contribution < -0.4 is 5.69 Å². The van der Waals surface area contributed by atoms with Crippen molar-refractivity contribution >= 4 is 15.9 Å². The van der Waals surface area contributed by atoms with E-state index in [4.69, 9.17) is 4.74 Å². The third kappa shape index (κ3) is 4.88. The van der Waals surface area contributed by atoms with E-state index in [2.05, 4.69) is 5.10 Å². The summed E-state index contributed by atoms with van der Waals surface area (Å²) in [5.41, 5.74) is -0.0776. The average molecular weight is 456 g/mol. The van der Waals surface area contributed by atoms with Gasteiger partial charge in [-0.1, -0.05) is 0 Å². The van der Waals surface area contributed by atoms with Crippen molar-refractivity contribution in [2.75, 3.05) is 46.2 Å². The van der Waals surface area contributed by atoms with E-state index in [-0.39, 0.29) is 29.5 Å². The van der Waals surface area contributed by atoms with Crippen LogP contribution in [0.5, 0.6) is 0 Å². The van der Waals surface area contributed by atoms with Crippen molar-refractivity contribution < 1.29 is 17.9 Å². The highest BCUT2D eigenvalue weighted by Crippen LogP contribution is 2.37. The number of ether oxygens (including phenoxy) is 1. The average Bonchev–Trinajstić information content (AvgIpc) is 3.54. The number of aromatic nitrogens is 3. The summed E-state index contributed by atoms with van der Waals surface area (Å²) in [5, 5.41) is 4.65. The van der Waals surface area contributed by atoms with Crippen LogP contribution in [0, 0.1) is 5.92 Å². The minimum absolute atomic E-state index is 0.0471. The summed E-state index contributed by atoms with van der Waals surface area (Å²) in [6.45, 7) is 2.94. The Hall–Kier alpha value is -1.72. The lowest BCUT2D eigenvalue weighted by Crippen LogP contribution is -2.47. The minimum Gasteiger partial charge on any atom is -0.383 e. The highest BCUT2D eigenvalue weighted by Gasteiger charge is 2.37. The molecule has 1 aliphatic carbocycles. The molecule has 2 aliphatic heterocycles. The Morgan fingerprint density at radius 3 is 2.45 bits per heavy atom. The number of methoxy groups -OCH3 is 1. The molecule has 1 aromatic rings. The van der Waals surface area contributed by atoms with E-state index in [1.807, 2.05) is 9.47 Å². The van der Waals surface area contributed by atoms with E-state index in [1.54, 1.807) is 7.11 Å². The monoisotopic (exact) mass is 455 g/mol. The molecule has 3 aliphatic rings. The Bertz CT molecular complexity index is 959. The molecule has 3 fully saturated rings. The molecule has 10 nitrogen and oxygen atoms in total. The van der Waals surface area contributed by atoms with Crippen LogP contribution in [0.2, 0.25) is 0 Å². The van der Waals surface area contributed by atoms with Crippen LogP contribution in [0.3, 0.4) is 0 Å². The van der Waals surface area contributed by atoms with Gasteiger partial charge in [-0.25, -0.2) is 22.2 Å². The van der Waals surface area contributed by atoms with Gasteiger partial charge < -0.3 is 9.64 Å². The highest BCUT2D eigenvalue weighted by molar-refractivity contribution is 7.88. The van der Waals surface area contributed by atoms with Crippen LogP contribution in [0.15, 0.2) is 4.79 Å². The van der Waals surface area contributed by atoms with Crippen LogP contribution >= 0.6 is 0 Å². The first-order chi connectivity index (χ1) is 14.8. The number of piperidine rings is 2. The van der Waals surface area contributed by atoms with Gasteiger partial charge in [-0.2, -0.15) is 5.10 Å². The maximum atomic E-state index is 13.2. The van der Waals surface area contributed by atoms with Crippen LogP contribution in [0.1, 0.15) is 56.3 Å². The summed E-state index contributed by atoms with van der Waals surface area (Å²) in [6.07, 6.45) is 6.12. The zero-order valence-corrected chi connectivity index (χ0v) is 19.2. The maximum absolute atomic E-state index is 13.2. The number of rotatable bonds is 7. The molecule has 174 valence electrons. The topological polar surface area (TPSA) is 107 Å². The lowest BCUT2D eigenvalue weighted by atomic mass is 9.92. The van der Waals surface area contributed by atoms with Gasteiger partial charge in [-0.05, 0) is 38.5 Å². The molecule has 1 aromatic heterocycles. The van der Waals surface area contributed by atoms with Gasteiger partial charge in [-0.3, -0.25) is 9.36 Å². The summed E-state index contributed by atoms with van der Waals surface area (Å²) < 4.78 is 33.4. The fourth-order valence-corrected chi connectivity index (χ4v) is 5.67. The summed E-state index contributed by atoms with van der Waals surface area (Å²) in [6, 6.07) is 0.227. The predicted octanol–water partition coefficient (Wildman–Crippen LogP) is 0.404. The van der Waals surface area contributed by atoms with Gasteiger partial charge in [0.2, 0.25) is 15.9 Å². The third-order valence-corrected chi connectivity index (χ3v) is 7.99. The number of amides is 1. The van der Waals surface area contributed by atoms with Gasteiger partial charge >= 0.3 is 5.69 Å². The summed E-state index contributed by atoms with van der Waals surface area (Å²) in [7, 11) is -1.60. The number of nitrogens with zero attached hydrogens (tertiary/aromatic N) is 5. The molecular formula is C20H33N5O5S. The van der Waals surface area contributed by atoms with Crippen molar-refractivity contribution in [1.29, 1.82) is 0 Å². The molecule has 0 bridgehead atoms. The largest absolute Gasteiger partial charge is 0.383 e. The number of hydrogen-bond donors (Lipinski definition) is 0. The number of hydrogen-bond acceptors (Lipinski definition) is 6. The molecule has 0 spiro atoms. The number of carbonyl (C=O) groups excluding carboxylic acids is 1. The molecule has 1 saturated carbocycles. The predicted molar refractivity (Wildman–Crippen MR) is 114 cm³/mol. The molecule has 1 atom stereocenters. The molecule has 1 amide bonds. The molecule has 11 heteroatoms. The van der Waals surface area contributed by atoms with Gasteiger partial charge in [-0.15, -0.1) is 0 Å². The first-order valence-electron chi connectivity index (χ1n) is 11.2. The van der Waals surface area contributed by atoms with Crippen LogP contribution in [0.25, 0.3) is 0 Å². The van der Waals surface area contributed by atoms with Crippen LogP contribution in [0.4, 0.5) is 0 Å². The van der Waals surface area contributed by atoms with Gasteiger partial charge in [0.1, 0.15) is 5.82 Å². The molecule has 0 aromatic carbocycles. The molecule has 1 unspecified atom stereocenters. The van der Waals surface area contributed by atoms with Crippen molar-refractivity contribution in [2.45, 2.75) is 57.0 Å². The van der Waals surface area contributed by atoms with Crippen molar-refractivity contribution in [3.05, 3.63) is 16.3 Å². The van der Waals surface area contributed by atoms with Gasteiger partial charge in [0.05, 0.1) is 19.4 Å². The summed E-state index contributed by atoms with van der Waals surface area (Å²) in [5.74, 6) is 0.817. The Kier molecular flexibility index (Phi) is 6.55. The lowest BCUT2D eigenvalue weighted by molar-refractivity contribution is -0.138. The Morgan fingerprint density at radius 2 is 1.84 bits per heavy atom. The van der Waals surface area contributed by atoms with Crippen LogP contribution in [-0.4, -0.2) is 84.0 Å². The van der Waals surface area contributed by atoms with E-state index in [0.717, 1.165) is 31.5 Å². The fourth-order valence-electron chi connectivity index (χ4n) is 4.80. The summed E-state index contributed by atoms with van der Waals surface area (Å²) >= 11 is 0. The van der Waals surface area contributed by atoms with Gasteiger partial charge in [0.25, 0.3) is 0 Å². The van der Waals surface area contributed by atoms with Crippen LogP contribution in [-0.2, 0) is 26.1 Å². The van der Waals surface area contributed by atoms with Crippen molar-refractivity contribution in [2.24, 2.45) is 5.92 Å². The number of likely N-dealkylation sites (tertiary alicyclic amines) is 1. The lowest BCUT2D eigenvalue weighted by Gasteiger charge is -2.37. The Morgan fingerprint density at radius 1 is 1.13 bits per heavy atom. The second-order valence-electron chi connectivity index (χ2n) is 9.02. The molecule has 2 saturated heterocycles. The molecule has 0 radical (unpaired) electrons. The molecular weight excluding hydrogens is 422 g/mol. The van der Waals surface area contributed by atoms with E-state index in [0.29, 0.717) is 52.2 Å². The second-order valence-corrected chi connectivity index (χ2v) is 11.0. The Balaban J connectivity index is 1.45. The standard InChI is InChI=1S/C20H33N5O5S/c1-30-13-12-24-20(27)25(17-5-6-17)18(21-24)16-4-3-9-22(14-16)19(26)15-7-10-23(11-8-15)31(2,28)29/h15-17H,3-14H2,1-2H3. The normalized spacial score (nSPS) is 23.9. The maximum Gasteiger partial charge on any atom is 0.346 e. The molecule has 3 heterocycles. The van der Waals surface area contributed by atoms with Crippen molar-refractivity contribution in [3.8, 4) is 0 Å². The second kappa shape index (κ2) is 9.03. The SMILES string of the molecule is COCCn1nc(C2CCCN(C(=O)C3CCN(S(C)(=O)=O)CC3)C2)n(C2CC2)c1=O. The third-order valence-electron chi connectivity index (χ3n) is 6.69. The highest BCUT2D eigenvalue weighted by atomic mass is 32.2. The first kappa shape index (κ1) is 22.5. The first-order valence-corrected chi connectivity index (χ1v) is 13.1. The Labute approximate surface area is 183 Å². The molecule has 0 N–H and O–H groups in total. The van der Waals surface area contributed by atoms with Gasteiger partial charge in [0.15, 0.2) is 0 Å². The van der Waals surface area contributed by atoms with Gasteiger partial charge in [0, 0.05) is 51.2 Å².